The van der Waals surface area contributed by atoms with Crippen LogP contribution in [0.3, 0.4) is 0 Å². The van der Waals surface area contributed by atoms with E-state index in [9.17, 15) is 14.7 Å². The smallest absolute Gasteiger partial charge is 0.290 e. The number of aliphatic hydroxyl groups is 1. The van der Waals surface area contributed by atoms with Crippen molar-refractivity contribution in [3.8, 4) is 22.1 Å². The van der Waals surface area contributed by atoms with Gasteiger partial charge in [-0.2, -0.15) is 0 Å². The van der Waals surface area contributed by atoms with Crippen molar-refractivity contribution in [3.05, 3.63) is 112 Å². The molecule has 1 unspecified atom stereocenters. The van der Waals surface area contributed by atoms with Crippen molar-refractivity contribution in [1.29, 1.82) is 0 Å². The first-order chi connectivity index (χ1) is 18.9. The molecule has 4 aromatic rings. The highest BCUT2D eigenvalue weighted by Gasteiger charge is 2.44. The molecule has 5 rings (SSSR count). The van der Waals surface area contributed by atoms with Crippen LogP contribution in [0.2, 0.25) is 0 Å². The van der Waals surface area contributed by atoms with Gasteiger partial charge in [-0.1, -0.05) is 54.6 Å². The van der Waals surface area contributed by atoms with Gasteiger partial charge in [0.15, 0.2) is 5.76 Å². The molecule has 1 aromatic heterocycles. The van der Waals surface area contributed by atoms with Gasteiger partial charge in [0.25, 0.3) is 5.91 Å². The number of thiazole rings is 1. The summed E-state index contributed by atoms with van der Waals surface area (Å²) in [5.41, 5.74) is 3.02. The highest BCUT2D eigenvalue weighted by molar-refractivity contribution is 7.17. The van der Waals surface area contributed by atoms with Gasteiger partial charge in [0.2, 0.25) is 5.78 Å². The van der Waals surface area contributed by atoms with E-state index in [-0.39, 0.29) is 12.1 Å². The van der Waals surface area contributed by atoms with Crippen LogP contribution in [-0.4, -0.2) is 40.4 Å². The van der Waals surface area contributed by atoms with Crippen LogP contribution >= 0.6 is 11.3 Å². The molecule has 0 aliphatic carbocycles. The zero-order valence-electron chi connectivity index (χ0n) is 21.9. The van der Waals surface area contributed by atoms with E-state index >= 15 is 0 Å². The summed E-state index contributed by atoms with van der Waals surface area (Å²) in [5, 5.41) is 11.8. The van der Waals surface area contributed by atoms with Crippen molar-refractivity contribution in [1.82, 2.24) is 9.88 Å². The summed E-state index contributed by atoms with van der Waals surface area (Å²) in [6.45, 7) is 4.38. The SMILES string of the molecule is CCOc1ccc(C2C(C(=O)c3sc(-c4ccccc4)nc3C)=C(O)C(=O)N2Cc2ccc(OC)cc2)cc1. The van der Waals surface area contributed by atoms with E-state index < -0.39 is 23.5 Å². The number of aliphatic hydroxyl groups excluding tert-OH is 1. The zero-order valence-corrected chi connectivity index (χ0v) is 22.7. The first-order valence-corrected chi connectivity index (χ1v) is 13.4. The topological polar surface area (TPSA) is 89.0 Å². The number of carbonyl (C=O) groups excluding carboxylic acids is 2. The Bertz CT molecular complexity index is 1530. The average Bonchev–Trinajstić information content (AvgIpc) is 3.47. The monoisotopic (exact) mass is 540 g/mol. The Labute approximate surface area is 231 Å². The lowest BCUT2D eigenvalue weighted by molar-refractivity contribution is -0.130. The standard InChI is InChI=1S/C31H28N2O5S/c1-4-38-24-16-12-21(13-17-24)26-25(27(34)29-19(2)32-30(39-29)22-8-6-5-7-9-22)28(35)31(36)33(26)18-20-10-14-23(37-3)15-11-20/h5-17,26,35H,4,18H2,1-3H3. The van der Waals surface area contributed by atoms with Gasteiger partial charge in [-0.25, -0.2) is 4.98 Å². The van der Waals surface area contributed by atoms with Crippen LogP contribution in [0.4, 0.5) is 0 Å². The van der Waals surface area contributed by atoms with E-state index in [1.807, 2.05) is 73.7 Å². The van der Waals surface area contributed by atoms with Crippen LogP contribution in [0.1, 0.15) is 39.5 Å². The maximum atomic E-state index is 14.0. The van der Waals surface area contributed by atoms with Crippen LogP contribution in [0.5, 0.6) is 11.5 Å². The van der Waals surface area contributed by atoms with E-state index in [1.165, 1.54) is 16.2 Å². The maximum Gasteiger partial charge on any atom is 0.290 e. The molecular formula is C31H28N2O5S. The molecule has 0 saturated heterocycles. The molecule has 39 heavy (non-hydrogen) atoms. The number of rotatable bonds is 9. The third-order valence-electron chi connectivity index (χ3n) is 6.59. The van der Waals surface area contributed by atoms with Crippen LogP contribution in [0.25, 0.3) is 10.6 Å². The van der Waals surface area contributed by atoms with Crippen molar-refractivity contribution in [3.63, 3.8) is 0 Å². The maximum absolute atomic E-state index is 14.0. The van der Waals surface area contributed by atoms with Gasteiger partial charge in [0, 0.05) is 12.1 Å². The summed E-state index contributed by atoms with van der Waals surface area (Å²) in [5.74, 6) is -0.172. The van der Waals surface area contributed by atoms with Crippen LogP contribution < -0.4 is 9.47 Å². The molecule has 1 aliphatic heterocycles. The van der Waals surface area contributed by atoms with Crippen molar-refractivity contribution in [2.75, 3.05) is 13.7 Å². The molecule has 1 amide bonds. The average molecular weight is 541 g/mol. The number of Topliss-reactive ketones (excluding diaryl/α,β-unsaturated/α-hetero) is 1. The Balaban J connectivity index is 1.55. The van der Waals surface area contributed by atoms with Gasteiger partial charge in [0.05, 0.1) is 35.9 Å². The second-order valence-electron chi connectivity index (χ2n) is 9.08. The predicted octanol–water partition coefficient (Wildman–Crippen LogP) is 6.30. The second kappa shape index (κ2) is 11.1. The normalized spacial score (nSPS) is 15.1. The molecule has 1 N–H and O–H groups in total. The number of methoxy groups -OCH3 is 1. The lowest BCUT2D eigenvalue weighted by Crippen LogP contribution is -2.30. The molecule has 2 heterocycles. The molecule has 0 spiro atoms. The molecule has 7 nitrogen and oxygen atoms in total. The summed E-state index contributed by atoms with van der Waals surface area (Å²) in [6, 6.07) is 23.4. The van der Waals surface area contributed by atoms with Crippen molar-refractivity contribution >= 4 is 23.0 Å². The van der Waals surface area contributed by atoms with Crippen molar-refractivity contribution in [2.45, 2.75) is 26.4 Å². The Morgan fingerprint density at radius 1 is 1.00 bits per heavy atom. The first-order valence-electron chi connectivity index (χ1n) is 12.6. The number of hydrogen-bond acceptors (Lipinski definition) is 7. The van der Waals surface area contributed by atoms with Crippen molar-refractivity contribution in [2.24, 2.45) is 0 Å². The molecule has 0 fully saturated rings. The number of hydrogen-bond donors (Lipinski definition) is 1. The van der Waals surface area contributed by atoms with Gasteiger partial charge in [-0.3, -0.25) is 9.59 Å². The third-order valence-corrected chi connectivity index (χ3v) is 7.80. The fraction of sp³-hybridized carbons (Fsp3) is 0.194. The fourth-order valence-electron chi connectivity index (χ4n) is 4.67. The van der Waals surface area contributed by atoms with Crippen LogP contribution in [0, 0.1) is 6.92 Å². The number of nitrogens with zero attached hydrogens (tertiary/aromatic N) is 2. The summed E-state index contributed by atoms with van der Waals surface area (Å²) >= 11 is 1.26. The molecule has 1 atom stereocenters. The lowest BCUT2D eigenvalue weighted by atomic mass is 9.94. The van der Waals surface area contributed by atoms with E-state index in [2.05, 4.69) is 4.98 Å². The van der Waals surface area contributed by atoms with Gasteiger partial charge >= 0.3 is 0 Å². The Kier molecular flexibility index (Phi) is 7.47. The van der Waals surface area contributed by atoms with E-state index in [1.54, 1.807) is 26.2 Å². The highest BCUT2D eigenvalue weighted by atomic mass is 32.1. The van der Waals surface area contributed by atoms with Crippen molar-refractivity contribution < 1.29 is 24.2 Å². The molecule has 198 valence electrons. The quantitative estimate of drug-likeness (QED) is 0.251. The molecule has 0 saturated carbocycles. The largest absolute Gasteiger partial charge is 0.503 e. The molecule has 3 aromatic carbocycles. The zero-order chi connectivity index (χ0) is 27.5. The number of ketones is 1. The fourth-order valence-corrected chi connectivity index (χ4v) is 5.70. The third kappa shape index (κ3) is 5.15. The summed E-state index contributed by atoms with van der Waals surface area (Å²) < 4.78 is 10.8. The van der Waals surface area contributed by atoms with Gasteiger partial charge in [0.1, 0.15) is 16.5 Å². The molecular weight excluding hydrogens is 512 g/mol. The Morgan fingerprint density at radius 3 is 2.31 bits per heavy atom. The van der Waals surface area contributed by atoms with E-state index in [0.717, 1.165) is 11.1 Å². The molecule has 0 bridgehead atoms. The Morgan fingerprint density at radius 2 is 1.67 bits per heavy atom. The highest BCUT2D eigenvalue weighted by Crippen LogP contribution is 2.42. The van der Waals surface area contributed by atoms with Crippen LogP contribution in [0.15, 0.2) is 90.2 Å². The minimum absolute atomic E-state index is 0.0454. The number of ether oxygens (including phenoxy) is 2. The Hall–Kier alpha value is -4.43. The number of carbonyl (C=O) groups is 2. The molecule has 1 aliphatic rings. The summed E-state index contributed by atoms with van der Waals surface area (Å²) in [6.07, 6.45) is 0. The summed E-state index contributed by atoms with van der Waals surface area (Å²) in [7, 11) is 1.59. The second-order valence-corrected chi connectivity index (χ2v) is 10.1. The molecule has 8 heteroatoms. The minimum atomic E-state index is -0.788. The molecule has 0 radical (unpaired) electrons. The predicted molar refractivity (Wildman–Crippen MR) is 150 cm³/mol. The minimum Gasteiger partial charge on any atom is -0.503 e. The van der Waals surface area contributed by atoms with E-state index in [0.29, 0.717) is 39.2 Å². The number of benzene rings is 3. The first kappa shape index (κ1) is 26.2. The van der Waals surface area contributed by atoms with Gasteiger partial charge < -0.3 is 19.5 Å². The number of aromatic nitrogens is 1. The van der Waals surface area contributed by atoms with E-state index in [4.69, 9.17) is 9.47 Å². The van der Waals surface area contributed by atoms with Gasteiger partial charge in [-0.05, 0) is 49.2 Å². The lowest BCUT2D eigenvalue weighted by Gasteiger charge is -2.27. The summed E-state index contributed by atoms with van der Waals surface area (Å²) in [4.78, 5) is 34.0. The van der Waals surface area contributed by atoms with Crippen LogP contribution in [-0.2, 0) is 11.3 Å². The van der Waals surface area contributed by atoms with Gasteiger partial charge in [-0.15, -0.1) is 11.3 Å². The number of aryl methyl sites for hydroxylation is 1. The number of amides is 1.